The molecule has 0 radical (unpaired) electrons. The molecule has 0 fully saturated rings. The first-order valence-corrected chi connectivity index (χ1v) is 9.96. The van der Waals surface area contributed by atoms with E-state index >= 15 is 0 Å². The fraction of sp³-hybridized carbons (Fsp3) is 0.333. The number of aromatic nitrogens is 3. The summed E-state index contributed by atoms with van der Waals surface area (Å²) in [6.45, 7) is 8.84. The summed E-state index contributed by atoms with van der Waals surface area (Å²) in [5.74, 6) is -0.0430. The van der Waals surface area contributed by atoms with Gasteiger partial charge in [-0.1, -0.05) is 11.6 Å². The zero-order chi connectivity index (χ0) is 22.8. The topological polar surface area (TPSA) is 95.3 Å². The second kappa shape index (κ2) is 8.81. The highest BCUT2D eigenvalue weighted by Crippen LogP contribution is 2.40. The van der Waals surface area contributed by atoms with Crippen LogP contribution in [0.3, 0.4) is 0 Å². The van der Waals surface area contributed by atoms with Crippen molar-refractivity contribution in [1.29, 1.82) is 0 Å². The first kappa shape index (κ1) is 22.4. The number of hydrogen-bond acceptors (Lipinski definition) is 7. The Bertz CT molecular complexity index is 1110. The Balaban J connectivity index is 2.26. The predicted octanol–water partition coefficient (Wildman–Crippen LogP) is 4.78. The van der Waals surface area contributed by atoms with E-state index in [1.165, 1.54) is 22.5 Å². The van der Waals surface area contributed by atoms with Crippen LogP contribution in [0.4, 0.5) is 16.3 Å². The number of anilines is 2. The third kappa shape index (κ3) is 5.05. The highest BCUT2D eigenvalue weighted by atomic mass is 35.5. The number of fused-ring (bicyclic) bond motifs is 1. The summed E-state index contributed by atoms with van der Waals surface area (Å²) < 4.78 is 17.8. The molecular formula is C21H23ClN4O5. The second-order valence-electron chi connectivity index (χ2n) is 7.49. The van der Waals surface area contributed by atoms with Gasteiger partial charge in [-0.25, -0.2) is 14.7 Å². The van der Waals surface area contributed by atoms with Crippen molar-refractivity contribution in [3.8, 4) is 11.5 Å². The molecule has 1 amide bonds. The van der Waals surface area contributed by atoms with E-state index in [-0.39, 0.29) is 16.7 Å². The van der Waals surface area contributed by atoms with E-state index in [1.807, 2.05) is 6.92 Å². The normalized spacial score (nSPS) is 11.3. The highest BCUT2D eigenvalue weighted by Gasteiger charge is 2.32. The summed E-state index contributed by atoms with van der Waals surface area (Å²) in [7, 11) is 0. The van der Waals surface area contributed by atoms with Crippen molar-refractivity contribution < 1.29 is 23.8 Å². The van der Waals surface area contributed by atoms with Crippen molar-refractivity contribution >= 4 is 40.8 Å². The number of carbonyl (C=O) groups excluding carboxylic acids is 2. The van der Waals surface area contributed by atoms with E-state index in [4.69, 9.17) is 25.8 Å². The maximum Gasteiger partial charge on any atom is 0.420 e. The van der Waals surface area contributed by atoms with Crippen LogP contribution < -0.4 is 14.4 Å². The van der Waals surface area contributed by atoms with Crippen LogP contribution in [0.15, 0.2) is 36.5 Å². The summed E-state index contributed by atoms with van der Waals surface area (Å²) in [5.41, 5.74) is -0.0111. The van der Waals surface area contributed by atoms with Gasteiger partial charge in [-0.2, -0.15) is 9.61 Å². The van der Waals surface area contributed by atoms with Crippen LogP contribution in [0.1, 0.15) is 34.6 Å². The quantitative estimate of drug-likeness (QED) is 0.411. The van der Waals surface area contributed by atoms with Crippen molar-refractivity contribution in [2.45, 2.75) is 40.2 Å². The van der Waals surface area contributed by atoms with Gasteiger partial charge in [-0.3, -0.25) is 4.79 Å². The Hall–Kier alpha value is -3.33. The van der Waals surface area contributed by atoms with E-state index in [0.717, 1.165) is 0 Å². The van der Waals surface area contributed by atoms with Crippen molar-refractivity contribution in [2.24, 2.45) is 0 Å². The summed E-state index contributed by atoms with van der Waals surface area (Å²) in [6.07, 6.45) is 0.773. The molecule has 0 saturated heterocycles. The zero-order valence-corrected chi connectivity index (χ0v) is 18.6. The third-order valence-electron chi connectivity index (χ3n) is 3.87. The molecule has 31 heavy (non-hydrogen) atoms. The maximum absolute atomic E-state index is 13.3. The minimum Gasteiger partial charge on any atom is -0.494 e. The molecule has 0 aliphatic heterocycles. The Morgan fingerprint density at radius 3 is 2.42 bits per heavy atom. The van der Waals surface area contributed by atoms with E-state index < -0.39 is 17.7 Å². The number of esters is 1. The molecule has 0 N–H and O–H groups in total. The number of carbonyl (C=O) groups is 2. The molecule has 3 aromatic rings. The molecular weight excluding hydrogens is 424 g/mol. The Morgan fingerprint density at radius 1 is 1.16 bits per heavy atom. The summed E-state index contributed by atoms with van der Waals surface area (Å²) in [5, 5.41) is 4.13. The van der Waals surface area contributed by atoms with Crippen LogP contribution in [0, 0.1) is 0 Å². The van der Waals surface area contributed by atoms with Crippen LogP contribution in [0.2, 0.25) is 5.15 Å². The molecule has 1 aromatic carbocycles. The van der Waals surface area contributed by atoms with E-state index in [9.17, 15) is 9.59 Å². The third-order valence-corrected chi connectivity index (χ3v) is 4.12. The molecule has 0 aliphatic rings. The molecule has 10 heteroatoms. The van der Waals surface area contributed by atoms with Crippen LogP contribution in [0.5, 0.6) is 11.5 Å². The number of amides is 1. The Morgan fingerprint density at radius 2 is 1.84 bits per heavy atom. The molecule has 0 unspecified atom stereocenters. The van der Waals surface area contributed by atoms with Gasteiger partial charge >= 0.3 is 12.1 Å². The Kier molecular flexibility index (Phi) is 6.35. The van der Waals surface area contributed by atoms with Gasteiger partial charge in [0.25, 0.3) is 0 Å². The van der Waals surface area contributed by atoms with E-state index in [1.54, 1.807) is 51.1 Å². The number of ether oxygens (including phenoxy) is 3. The monoisotopic (exact) mass is 446 g/mol. The fourth-order valence-electron chi connectivity index (χ4n) is 2.79. The minimum atomic E-state index is -0.789. The molecule has 0 aliphatic carbocycles. The molecule has 2 heterocycles. The van der Waals surface area contributed by atoms with Gasteiger partial charge in [-0.05, 0) is 52.0 Å². The average molecular weight is 447 g/mol. The summed E-state index contributed by atoms with van der Waals surface area (Å²) >= 11 is 6.32. The number of hydrogen-bond donors (Lipinski definition) is 0. The SMILES string of the molecule is CCOc1ccc(N(C(=O)OC(C)(C)C)c2c(OC(C)=O)c(Cl)nc3ccnn23)cc1. The lowest BCUT2D eigenvalue weighted by molar-refractivity contribution is -0.131. The minimum absolute atomic E-state index is 0.0774. The van der Waals surface area contributed by atoms with Crippen LogP contribution in [-0.4, -0.2) is 38.9 Å². The van der Waals surface area contributed by atoms with E-state index in [2.05, 4.69) is 10.1 Å². The van der Waals surface area contributed by atoms with E-state index in [0.29, 0.717) is 23.7 Å². The smallest absolute Gasteiger partial charge is 0.420 e. The van der Waals surface area contributed by atoms with Gasteiger partial charge < -0.3 is 14.2 Å². The van der Waals surface area contributed by atoms with Gasteiger partial charge in [0, 0.05) is 13.0 Å². The van der Waals surface area contributed by atoms with Crippen molar-refractivity contribution in [3.63, 3.8) is 0 Å². The lowest BCUT2D eigenvalue weighted by Crippen LogP contribution is -2.35. The predicted molar refractivity (Wildman–Crippen MR) is 115 cm³/mol. The molecule has 0 saturated carbocycles. The standard InChI is InChI=1S/C21H23ClN4O5/c1-6-29-15-9-7-14(8-10-15)25(20(28)31-21(3,4)5)19-17(30-13(2)27)18(22)24-16-11-12-23-26(16)19/h7-12H,6H2,1-5H3. The Labute approximate surface area is 184 Å². The largest absolute Gasteiger partial charge is 0.494 e. The fourth-order valence-corrected chi connectivity index (χ4v) is 3.00. The second-order valence-corrected chi connectivity index (χ2v) is 7.85. The van der Waals surface area contributed by atoms with Gasteiger partial charge in [-0.15, -0.1) is 0 Å². The average Bonchev–Trinajstić information content (AvgIpc) is 3.12. The molecule has 0 spiro atoms. The number of benzene rings is 1. The van der Waals surface area contributed by atoms with Crippen molar-refractivity contribution in [1.82, 2.24) is 14.6 Å². The molecule has 164 valence electrons. The van der Waals surface area contributed by atoms with Crippen molar-refractivity contribution in [3.05, 3.63) is 41.7 Å². The summed E-state index contributed by atoms with van der Waals surface area (Å²) in [6, 6.07) is 8.39. The molecule has 0 atom stereocenters. The van der Waals surface area contributed by atoms with Crippen molar-refractivity contribution in [2.75, 3.05) is 11.5 Å². The molecule has 0 bridgehead atoms. The molecule has 2 aromatic heterocycles. The lowest BCUT2D eigenvalue weighted by atomic mass is 10.2. The van der Waals surface area contributed by atoms with Gasteiger partial charge in [0.05, 0.1) is 18.5 Å². The zero-order valence-electron chi connectivity index (χ0n) is 17.9. The van der Waals surface area contributed by atoms with Crippen LogP contribution >= 0.6 is 11.6 Å². The van der Waals surface area contributed by atoms with Gasteiger partial charge in [0.2, 0.25) is 5.75 Å². The lowest BCUT2D eigenvalue weighted by Gasteiger charge is -2.28. The summed E-state index contributed by atoms with van der Waals surface area (Å²) in [4.78, 5) is 30.5. The first-order valence-electron chi connectivity index (χ1n) is 9.58. The van der Waals surface area contributed by atoms with Gasteiger partial charge in [0.1, 0.15) is 11.4 Å². The maximum atomic E-state index is 13.3. The number of nitrogens with zero attached hydrogens (tertiary/aromatic N) is 4. The van der Waals surface area contributed by atoms with Gasteiger partial charge in [0.15, 0.2) is 16.6 Å². The highest BCUT2D eigenvalue weighted by molar-refractivity contribution is 6.31. The van der Waals surface area contributed by atoms with Crippen LogP contribution in [0.25, 0.3) is 5.65 Å². The number of rotatable bonds is 5. The molecule has 9 nitrogen and oxygen atoms in total. The first-order chi connectivity index (χ1) is 14.6. The molecule has 3 rings (SSSR count). The number of halogens is 1. The van der Waals surface area contributed by atoms with Crippen LogP contribution in [-0.2, 0) is 9.53 Å².